The maximum Gasteiger partial charge on any atom is 0.501 e. The molecule has 2 aliphatic carbocycles. The molecule has 0 fully saturated rings. The summed E-state index contributed by atoms with van der Waals surface area (Å²) in [5.41, 5.74) is 2.66. The summed E-state index contributed by atoms with van der Waals surface area (Å²) in [6, 6.07) is 6.77. The van der Waals surface area contributed by atoms with Crippen molar-refractivity contribution in [1.82, 2.24) is 15.5 Å². The number of methoxy groups -OCH3 is 1. The Bertz CT molecular complexity index is 1210. The molecule has 9 nitrogen and oxygen atoms in total. The summed E-state index contributed by atoms with van der Waals surface area (Å²) in [7, 11) is 1.56. The molecule has 200 valence electrons. The van der Waals surface area contributed by atoms with E-state index >= 15 is 0 Å². The summed E-state index contributed by atoms with van der Waals surface area (Å²) in [5, 5.41) is 5.72. The van der Waals surface area contributed by atoms with Gasteiger partial charge in [-0.05, 0) is 44.2 Å². The predicted octanol–water partition coefficient (Wildman–Crippen LogP) is 2.87. The van der Waals surface area contributed by atoms with Gasteiger partial charge in [-0.25, -0.2) is 4.79 Å². The summed E-state index contributed by atoms with van der Waals surface area (Å²) < 4.78 is 6.65. The molecule has 2 N–H and O–H groups in total. The van der Waals surface area contributed by atoms with E-state index in [-0.39, 0.29) is 37.9 Å². The minimum atomic E-state index is -0.672. The molecule has 38 heavy (non-hydrogen) atoms. The first-order chi connectivity index (χ1) is 18.5. The van der Waals surface area contributed by atoms with Crippen molar-refractivity contribution < 1.29 is 28.5 Å². The van der Waals surface area contributed by atoms with Crippen LogP contribution in [-0.2, 0) is 20.9 Å². The first-order valence-electron chi connectivity index (χ1n) is 13.2. The molecule has 1 unspecified atom stereocenters. The zero-order chi connectivity index (χ0) is 26.9. The Hall–Kier alpha value is -4.01. The van der Waals surface area contributed by atoms with Gasteiger partial charge in [0.15, 0.2) is 6.54 Å². The van der Waals surface area contributed by atoms with Gasteiger partial charge in [0.25, 0.3) is 5.91 Å². The SMILES string of the molecule is COc1ccccc1CNC(=O)CCN1C(=O)C2C=CC=CC2=[N+](CC(=O)NCCC2=CCCCC2)C1=O. The van der Waals surface area contributed by atoms with Crippen LogP contribution in [0, 0.1) is 5.92 Å². The predicted molar refractivity (Wildman–Crippen MR) is 143 cm³/mol. The van der Waals surface area contributed by atoms with Gasteiger partial charge in [0.2, 0.25) is 5.91 Å². The Morgan fingerprint density at radius 3 is 2.74 bits per heavy atom. The maximum absolute atomic E-state index is 13.3. The van der Waals surface area contributed by atoms with Crippen molar-refractivity contribution >= 4 is 29.5 Å². The van der Waals surface area contributed by atoms with E-state index in [2.05, 4.69) is 16.7 Å². The summed E-state index contributed by atoms with van der Waals surface area (Å²) in [4.78, 5) is 52.8. The van der Waals surface area contributed by atoms with Crippen LogP contribution in [0.2, 0.25) is 0 Å². The zero-order valence-corrected chi connectivity index (χ0v) is 21.8. The highest BCUT2D eigenvalue weighted by Gasteiger charge is 2.47. The third kappa shape index (κ3) is 6.65. The minimum Gasteiger partial charge on any atom is -0.496 e. The van der Waals surface area contributed by atoms with Crippen LogP contribution in [0.25, 0.3) is 0 Å². The molecule has 9 heteroatoms. The molecule has 1 heterocycles. The number of carbonyl (C=O) groups excluding carboxylic acids is 4. The lowest BCUT2D eigenvalue weighted by Gasteiger charge is -2.26. The lowest BCUT2D eigenvalue weighted by molar-refractivity contribution is -0.428. The van der Waals surface area contributed by atoms with E-state index in [1.165, 1.54) is 23.0 Å². The van der Waals surface area contributed by atoms with Crippen LogP contribution >= 0.6 is 0 Å². The zero-order valence-electron chi connectivity index (χ0n) is 21.8. The molecule has 0 saturated carbocycles. The quantitative estimate of drug-likeness (QED) is 0.345. The van der Waals surface area contributed by atoms with Gasteiger partial charge < -0.3 is 15.4 Å². The van der Waals surface area contributed by atoms with Crippen LogP contribution in [0.4, 0.5) is 4.79 Å². The fourth-order valence-electron chi connectivity index (χ4n) is 4.92. The highest BCUT2D eigenvalue weighted by molar-refractivity contribution is 6.16. The van der Waals surface area contributed by atoms with Gasteiger partial charge in [0, 0.05) is 18.7 Å². The Morgan fingerprint density at radius 2 is 1.95 bits per heavy atom. The fourth-order valence-corrected chi connectivity index (χ4v) is 4.92. The molecule has 0 saturated heterocycles. The van der Waals surface area contributed by atoms with Crippen LogP contribution < -0.4 is 15.4 Å². The normalized spacial score (nSPS) is 18.7. The summed E-state index contributed by atoms with van der Waals surface area (Å²) in [6.45, 7) is 0.507. The van der Waals surface area contributed by atoms with E-state index in [0.717, 1.165) is 29.7 Å². The largest absolute Gasteiger partial charge is 0.501 e. The Labute approximate surface area is 222 Å². The average molecular weight is 520 g/mol. The summed E-state index contributed by atoms with van der Waals surface area (Å²) in [6.07, 6.45) is 14.4. The molecule has 0 radical (unpaired) electrons. The van der Waals surface area contributed by atoms with E-state index < -0.39 is 17.9 Å². The highest BCUT2D eigenvalue weighted by atomic mass is 16.5. The smallest absolute Gasteiger partial charge is 0.496 e. The van der Waals surface area contributed by atoms with Crippen LogP contribution in [0.1, 0.15) is 44.1 Å². The number of nitrogens with one attached hydrogen (secondary N) is 2. The number of benzene rings is 1. The molecule has 0 spiro atoms. The summed E-state index contributed by atoms with van der Waals surface area (Å²) >= 11 is 0. The van der Waals surface area contributed by atoms with Gasteiger partial charge in [-0.15, -0.1) is 0 Å². The third-order valence-electron chi connectivity index (χ3n) is 6.99. The number of ether oxygens (including phenoxy) is 1. The maximum atomic E-state index is 13.3. The van der Waals surface area contributed by atoms with Crippen molar-refractivity contribution in [1.29, 1.82) is 0 Å². The molecule has 4 rings (SSSR count). The van der Waals surface area contributed by atoms with Crippen LogP contribution in [0.15, 0.2) is 60.2 Å². The number of fused-ring (bicyclic) bond motifs is 1. The van der Waals surface area contributed by atoms with Crippen LogP contribution in [0.3, 0.4) is 0 Å². The van der Waals surface area contributed by atoms with Crippen molar-refractivity contribution in [3.05, 3.63) is 65.8 Å². The standard InChI is InChI=1S/C29H34N4O5/c1-38-25-14-8-5-11-22(25)19-31-26(34)16-18-32-28(36)23-12-6-7-13-24(23)33(29(32)37)20-27(35)30-17-15-21-9-3-2-4-10-21/h5-9,11-14,23H,2-4,10,15-20H2,1H3,(H-,30,31,34,35)/p+1. The topological polar surface area (TPSA) is 108 Å². The van der Waals surface area contributed by atoms with Crippen molar-refractivity contribution in [2.24, 2.45) is 5.92 Å². The number of allylic oxidation sites excluding steroid dienone is 4. The average Bonchev–Trinajstić information content (AvgIpc) is 2.94. The molecule has 5 amide bonds. The number of nitrogens with zero attached hydrogens (tertiary/aromatic N) is 2. The number of amides is 5. The monoisotopic (exact) mass is 519 g/mol. The number of para-hydroxylation sites is 1. The Balaban J connectivity index is 1.36. The van der Waals surface area contributed by atoms with Crippen molar-refractivity contribution in [2.75, 3.05) is 26.7 Å². The number of hydrogen-bond acceptors (Lipinski definition) is 5. The first-order valence-corrected chi connectivity index (χ1v) is 13.2. The Kier molecular flexibility index (Phi) is 9.24. The summed E-state index contributed by atoms with van der Waals surface area (Å²) in [5.74, 6) is -0.989. The van der Waals surface area contributed by atoms with Gasteiger partial charge in [-0.3, -0.25) is 9.59 Å². The molecule has 1 atom stereocenters. The first kappa shape index (κ1) is 27.0. The van der Waals surface area contributed by atoms with Gasteiger partial charge in [-0.2, -0.15) is 14.3 Å². The Morgan fingerprint density at radius 1 is 1.11 bits per heavy atom. The fraction of sp³-hybridized carbons (Fsp3) is 0.414. The second-order valence-corrected chi connectivity index (χ2v) is 9.55. The second kappa shape index (κ2) is 13.0. The van der Waals surface area contributed by atoms with E-state index in [0.29, 0.717) is 18.0 Å². The van der Waals surface area contributed by atoms with Gasteiger partial charge in [0.05, 0.1) is 13.5 Å². The highest BCUT2D eigenvalue weighted by Crippen LogP contribution is 2.21. The van der Waals surface area contributed by atoms with Crippen LogP contribution in [0.5, 0.6) is 5.75 Å². The lowest BCUT2D eigenvalue weighted by Crippen LogP contribution is -2.56. The molecule has 3 aliphatic rings. The molecule has 0 bridgehead atoms. The number of imide groups is 1. The number of rotatable bonds is 11. The van der Waals surface area contributed by atoms with Gasteiger partial charge in [-0.1, -0.05) is 48.1 Å². The lowest BCUT2D eigenvalue weighted by atomic mass is 9.94. The van der Waals surface area contributed by atoms with Gasteiger partial charge >= 0.3 is 11.9 Å². The van der Waals surface area contributed by atoms with Crippen molar-refractivity contribution in [2.45, 2.75) is 45.1 Å². The molecule has 1 aromatic carbocycles. The molecule has 1 aliphatic heterocycles. The molecular weight excluding hydrogens is 484 g/mol. The second-order valence-electron chi connectivity index (χ2n) is 9.55. The van der Waals surface area contributed by atoms with E-state index in [9.17, 15) is 19.2 Å². The molecule has 0 aromatic heterocycles. The molecular formula is C29H35N4O5+. The number of carbonyl (C=O) groups is 4. The van der Waals surface area contributed by atoms with Crippen LogP contribution in [-0.4, -0.2) is 65.7 Å². The van der Waals surface area contributed by atoms with Crippen molar-refractivity contribution in [3.8, 4) is 5.75 Å². The van der Waals surface area contributed by atoms with E-state index in [1.54, 1.807) is 31.4 Å². The third-order valence-corrected chi connectivity index (χ3v) is 6.99. The number of urea groups is 1. The van der Waals surface area contributed by atoms with Crippen molar-refractivity contribution in [3.63, 3.8) is 0 Å². The van der Waals surface area contributed by atoms with Gasteiger partial charge in [0.1, 0.15) is 23.9 Å². The minimum absolute atomic E-state index is 0.0522. The number of hydrogen-bond donors (Lipinski definition) is 2. The molecule has 1 aromatic rings. The van der Waals surface area contributed by atoms with E-state index in [1.807, 2.05) is 24.3 Å². The van der Waals surface area contributed by atoms with E-state index in [4.69, 9.17) is 4.74 Å².